The van der Waals surface area contributed by atoms with Crippen molar-refractivity contribution >= 4 is 5.78 Å². The summed E-state index contributed by atoms with van der Waals surface area (Å²) in [6.07, 6.45) is 0.609. The predicted octanol–water partition coefficient (Wildman–Crippen LogP) is 0.866. The Morgan fingerprint density at radius 1 is 1.22 bits per heavy atom. The van der Waals surface area contributed by atoms with Crippen molar-refractivity contribution in [2.45, 2.75) is 20.3 Å². The van der Waals surface area contributed by atoms with Crippen LogP contribution in [0.2, 0.25) is 0 Å². The SMILES string of the molecule is CC(C)CN1CCN(CC2COCCC2=O)CC1. The van der Waals surface area contributed by atoms with Crippen LogP contribution >= 0.6 is 0 Å². The third-order valence-electron chi connectivity index (χ3n) is 3.83. The lowest BCUT2D eigenvalue weighted by Gasteiger charge is -2.37. The third-order valence-corrected chi connectivity index (χ3v) is 3.83. The molecule has 2 aliphatic rings. The van der Waals surface area contributed by atoms with Gasteiger partial charge in [-0.15, -0.1) is 0 Å². The molecule has 104 valence electrons. The molecule has 0 spiro atoms. The molecule has 0 aromatic rings. The maximum absolute atomic E-state index is 11.8. The molecule has 4 heteroatoms. The van der Waals surface area contributed by atoms with Gasteiger partial charge in [0.15, 0.2) is 0 Å². The number of nitrogens with zero attached hydrogens (tertiary/aromatic N) is 2. The Balaban J connectivity index is 1.71. The summed E-state index contributed by atoms with van der Waals surface area (Å²) in [5.74, 6) is 1.26. The molecule has 1 unspecified atom stereocenters. The van der Waals surface area contributed by atoms with E-state index < -0.39 is 0 Å². The maximum atomic E-state index is 11.8. The largest absolute Gasteiger partial charge is 0.380 e. The minimum atomic E-state index is 0.121. The first-order valence-electron chi connectivity index (χ1n) is 7.20. The van der Waals surface area contributed by atoms with E-state index in [9.17, 15) is 4.79 Å². The summed E-state index contributed by atoms with van der Waals surface area (Å²) in [7, 11) is 0. The van der Waals surface area contributed by atoms with Crippen molar-refractivity contribution in [3.8, 4) is 0 Å². The van der Waals surface area contributed by atoms with E-state index in [4.69, 9.17) is 4.74 Å². The van der Waals surface area contributed by atoms with Gasteiger partial charge in [-0.2, -0.15) is 0 Å². The summed E-state index contributed by atoms with van der Waals surface area (Å²) in [6.45, 7) is 12.3. The molecular formula is C14H26N2O2. The van der Waals surface area contributed by atoms with Crippen molar-refractivity contribution < 1.29 is 9.53 Å². The van der Waals surface area contributed by atoms with Crippen molar-refractivity contribution in [2.75, 3.05) is 52.5 Å². The molecule has 0 aromatic carbocycles. The minimum absolute atomic E-state index is 0.121. The number of hydrogen-bond donors (Lipinski definition) is 0. The number of rotatable bonds is 4. The van der Waals surface area contributed by atoms with Gasteiger partial charge in [-0.25, -0.2) is 0 Å². The third kappa shape index (κ3) is 4.04. The summed E-state index contributed by atoms with van der Waals surface area (Å²) in [5, 5.41) is 0. The van der Waals surface area contributed by atoms with Crippen LogP contribution in [0, 0.1) is 11.8 Å². The van der Waals surface area contributed by atoms with E-state index in [1.54, 1.807) is 0 Å². The Kier molecular flexibility index (Phi) is 5.15. The molecule has 0 radical (unpaired) electrons. The lowest BCUT2D eigenvalue weighted by molar-refractivity contribution is -0.131. The van der Waals surface area contributed by atoms with Crippen LogP contribution in [0.5, 0.6) is 0 Å². The molecule has 2 fully saturated rings. The van der Waals surface area contributed by atoms with Gasteiger partial charge in [0.1, 0.15) is 5.78 Å². The molecule has 0 bridgehead atoms. The molecule has 2 saturated heterocycles. The molecule has 18 heavy (non-hydrogen) atoms. The highest BCUT2D eigenvalue weighted by Gasteiger charge is 2.26. The number of hydrogen-bond acceptors (Lipinski definition) is 4. The smallest absolute Gasteiger partial charge is 0.141 e. The maximum Gasteiger partial charge on any atom is 0.141 e. The molecule has 1 atom stereocenters. The first-order valence-corrected chi connectivity index (χ1v) is 7.20. The highest BCUT2D eigenvalue weighted by atomic mass is 16.5. The summed E-state index contributed by atoms with van der Waals surface area (Å²) >= 11 is 0. The van der Waals surface area contributed by atoms with Gasteiger partial charge in [0, 0.05) is 45.7 Å². The van der Waals surface area contributed by atoms with Crippen LogP contribution in [0.3, 0.4) is 0 Å². The monoisotopic (exact) mass is 254 g/mol. The quantitative estimate of drug-likeness (QED) is 0.745. The second-order valence-electron chi connectivity index (χ2n) is 5.98. The van der Waals surface area contributed by atoms with Gasteiger partial charge in [0.2, 0.25) is 0 Å². The topological polar surface area (TPSA) is 32.8 Å². The average molecular weight is 254 g/mol. The van der Waals surface area contributed by atoms with Gasteiger partial charge < -0.3 is 9.64 Å². The molecule has 0 N–H and O–H groups in total. The van der Waals surface area contributed by atoms with E-state index in [0.717, 1.165) is 38.6 Å². The van der Waals surface area contributed by atoms with Gasteiger partial charge in [0.25, 0.3) is 0 Å². The summed E-state index contributed by atoms with van der Waals surface area (Å²) in [5.41, 5.74) is 0. The van der Waals surface area contributed by atoms with Crippen LogP contribution in [0.1, 0.15) is 20.3 Å². The second kappa shape index (κ2) is 6.64. The summed E-state index contributed by atoms with van der Waals surface area (Å²) in [4.78, 5) is 16.7. The number of carbonyl (C=O) groups is 1. The number of carbonyl (C=O) groups excluding carboxylic acids is 1. The van der Waals surface area contributed by atoms with Gasteiger partial charge >= 0.3 is 0 Å². The van der Waals surface area contributed by atoms with Crippen molar-refractivity contribution in [3.05, 3.63) is 0 Å². The highest BCUT2D eigenvalue weighted by Crippen LogP contribution is 2.13. The highest BCUT2D eigenvalue weighted by molar-refractivity contribution is 5.82. The zero-order valence-electron chi connectivity index (χ0n) is 11.7. The summed E-state index contributed by atoms with van der Waals surface area (Å²) in [6, 6.07) is 0. The lowest BCUT2D eigenvalue weighted by Crippen LogP contribution is -2.50. The molecule has 4 nitrogen and oxygen atoms in total. The molecule has 2 rings (SSSR count). The van der Waals surface area contributed by atoms with E-state index in [1.165, 1.54) is 6.54 Å². The normalized spacial score (nSPS) is 27.9. The molecular weight excluding hydrogens is 228 g/mol. The average Bonchev–Trinajstić information content (AvgIpc) is 2.34. The molecule has 0 amide bonds. The Morgan fingerprint density at radius 2 is 1.89 bits per heavy atom. The van der Waals surface area contributed by atoms with Crippen LogP contribution in [-0.2, 0) is 9.53 Å². The standard InChI is InChI=1S/C14H26N2O2/c1-12(2)9-15-4-6-16(7-5-15)10-13-11-18-8-3-14(13)17/h12-13H,3-11H2,1-2H3. The Labute approximate surface area is 110 Å². The van der Waals surface area contributed by atoms with Crippen LogP contribution in [-0.4, -0.2) is 68.1 Å². The van der Waals surface area contributed by atoms with E-state index in [2.05, 4.69) is 23.6 Å². The zero-order valence-corrected chi connectivity index (χ0v) is 11.7. The predicted molar refractivity (Wildman–Crippen MR) is 71.7 cm³/mol. The van der Waals surface area contributed by atoms with Gasteiger partial charge in [-0.1, -0.05) is 13.8 Å². The van der Waals surface area contributed by atoms with Crippen LogP contribution in [0.15, 0.2) is 0 Å². The first-order chi connectivity index (χ1) is 8.65. The van der Waals surface area contributed by atoms with E-state index in [1.807, 2.05) is 0 Å². The van der Waals surface area contributed by atoms with Crippen LogP contribution in [0.4, 0.5) is 0 Å². The van der Waals surface area contributed by atoms with Gasteiger partial charge in [-0.3, -0.25) is 9.69 Å². The minimum Gasteiger partial charge on any atom is -0.380 e. The van der Waals surface area contributed by atoms with Crippen molar-refractivity contribution in [2.24, 2.45) is 11.8 Å². The zero-order chi connectivity index (χ0) is 13.0. The van der Waals surface area contributed by atoms with Gasteiger partial charge in [0.05, 0.1) is 19.1 Å². The molecule has 2 heterocycles. The molecule has 0 aliphatic carbocycles. The fourth-order valence-electron chi connectivity index (χ4n) is 2.83. The van der Waals surface area contributed by atoms with Gasteiger partial charge in [-0.05, 0) is 5.92 Å². The molecule has 0 aromatic heterocycles. The van der Waals surface area contributed by atoms with Crippen LogP contribution in [0.25, 0.3) is 0 Å². The number of Topliss-reactive ketones (excluding diaryl/α,β-unsaturated/α-hetero) is 1. The number of ether oxygens (including phenoxy) is 1. The van der Waals surface area contributed by atoms with Crippen molar-refractivity contribution in [1.82, 2.24) is 9.80 Å². The van der Waals surface area contributed by atoms with Crippen molar-refractivity contribution in [3.63, 3.8) is 0 Å². The fourth-order valence-corrected chi connectivity index (χ4v) is 2.83. The van der Waals surface area contributed by atoms with Crippen molar-refractivity contribution in [1.29, 1.82) is 0 Å². The number of ketones is 1. The first kappa shape index (κ1) is 14.0. The lowest BCUT2D eigenvalue weighted by atomic mass is 9.99. The Bertz CT molecular complexity index is 273. The second-order valence-corrected chi connectivity index (χ2v) is 5.98. The summed E-state index contributed by atoms with van der Waals surface area (Å²) < 4.78 is 5.41. The van der Waals surface area contributed by atoms with Crippen LogP contribution < -0.4 is 0 Å². The fraction of sp³-hybridized carbons (Fsp3) is 0.929. The van der Waals surface area contributed by atoms with E-state index in [0.29, 0.717) is 25.4 Å². The molecule has 2 aliphatic heterocycles. The molecule has 0 saturated carbocycles. The van der Waals surface area contributed by atoms with E-state index in [-0.39, 0.29) is 5.92 Å². The Morgan fingerprint density at radius 3 is 2.50 bits per heavy atom. The number of piperazine rings is 1. The Hall–Kier alpha value is -0.450. The van der Waals surface area contributed by atoms with E-state index >= 15 is 0 Å².